The monoisotopic (exact) mass is 186 g/mol. The number of hydrogen-bond donors (Lipinski definition) is 0. The molecule has 1 aliphatic heterocycles. The third-order valence-corrected chi connectivity index (χ3v) is 5.94. The van der Waals surface area contributed by atoms with E-state index < -0.39 is 0 Å². The summed E-state index contributed by atoms with van der Waals surface area (Å²) in [7, 11) is 0. The molecule has 0 saturated carbocycles. The zero-order valence-electron chi connectivity index (χ0n) is 6.88. The lowest BCUT2D eigenvalue weighted by molar-refractivity contribution is 0.568. The maximum absolute atomic E-state index is 2.41. The molecule has 0 amide bonds. The largest absolute Gasteiger partial charge is 0.144 e. The van der Waals surface area contributed by atoms with Gasteiger partial charge in [0, 0.05) is 5.92 Å². The molecule has 1 aliphatic carbocycles. The van der Waals surface area contributed by atoms with Crippen LogP contribution >= 0.6 is 23.5 Å². The molecular formula is C9H14S2. The average Bonchev–Trinajstić information content (AvgIpc) is 1.83. The van der Waals surface area contributed by atoms with Gasteiger partial charge in [-0.05, 0) is 31.3 Å². The van der Waals surface area contributed by atoms with Gasteiger partial charge in [-0.3, -0.25) is 0 Å². The first kappa shape index (κ1) is 8.06. The molecule has 0 aromatic carbocycles. The predicted octanol–water partition coefficient (Wildman–Crippen LogP) is 3.15. The molecule has 0 nitrogen and oxygen atoms in total. The first-order valence-electron chi connectivity index (χ1n) is 4.26. The van der Waals surface area contributed by atoms with Crippen molar-refractivity contribution in [2.75, 3.05) is 11.5 Å². The van der Waals surface area contributed by atoms with Crippen LogP contribution in [-0.2, 0) is 0 Å². The van der Waals surface area contributed by atoms with Crippen LogP contribution in [0.1, 0.15) is 19.8 Å². The Morgan fingerprint density at radius 3 is 2.45 bits per heavy atom. The molecule has 0 radical (unpaired) electrons. The van der Waals surface area contributed by atoms with Gasteiger partial charge in [-0.25, -0.2) is 0 Å². The average molecular weight is 186 g/mol. The number of allylic oxidation sites excluding steroid dienone is 2. The standard InChI is InChI=1S/C9H14S2/c1-9(8-4-2-5-8)10-6-3-7-11-9/h2,4,8H,3,5-7H2,1H3. The summed E-state index contributed by atoms with van der Waals surface area (Å²) in [5, 5.41) is 0. The van der Waals surface area contributed by atoms with E-state index in [2.05, 4.69) is 42.6 Å². The highest BCUT2D eigenvalue weighted by Gasteiger charge is 2.37. The summed E-state index contributed by atoms with van der Waals surface area (Å²) in [5.41, 5.74) is 0. The molecule has 0 aromatic rings. The van der Waals surface area contributed by atoms with Gasteiger partial charge in [-0.15, -0.1) is 23.5 Å². The fourth-order valence-corrected chi connectivity index (χ4v) is 4.71. The van der Waals surface area contributed by atoms with Crippen LogP contribution in [0.4, 0.5) is 0 Å². The third-order valence-electron chi connectivity index (χ3n) is 2.50. The fourth-order valence-electron chi connectivity index (χ4n) is 1.53. The molecule has 2 rings (SSSR count). The molecule has 62 valence electrons. The van der Waals surface area contributed by atoms with Gasteiger partial charge in [0.15, 0.2) is 0 Å². The zero-order chi connectivity index (χ0) is 7.73. The minimum Gasteiger partial charge on any atom is -0.144 e. The minimum absolute atomic E-state index is 0.521. The Morgan fingerprint density at radius 2 is 2.00 bits per heavy atom. The van der Waals surface area contributed by atoms with Crippen LogP contribution in [-0.4, -0.2) is 15.6 Å². The third kappa shape index (κ3) is 1.48. The highest BCUT2D eigenvalue weighted by atomic mass is 32.2. The minimum atomic E-state index is 0.521. The van der Waals surface area contributed by atoms with Gasteiger partial charge < -0.3 is 0 Å². The molecule has 2 heteroatoms. The molecule has 1 saturated heterocycles. The van der Waals surface area contributed by atoms with Crippen LogP contribution in [0.5, 0.6) is 0 Å². The molecule has 1 atom stereocenters. The predicted molar refractivity (Wildman–Crippen MR) is 55.2 cm³/mol. The Balaban J connectivity index is 2.01. The summed E-state index contributed by atoms with van der Waals surface area (Å²) >= 11 is 4.32. The number of rotatable bonds is 1. The maximum Gasteiger partial charge on any atom is 0.0648 e. The topological polar surface area (TPSA) is 0 Å². The maximum atomic E-state index is 2.41. The summed E-state index contributed by atoms with van der Waals surface area (Å²) in [6.07, 6.45) is 7.40. The van der Waals surface area contributed by atoms with E-state index in [4.69, 9.17) is 0 Å². The van der Waals surface area contributed by atoms with Crippen molar-refractivity contribution in [1.82, 2.24) is 0 Å². The summed E-state index contributed by atoms with van der Waals surface area (Å²) < 4.78 is 0.521. The van der Waals surface area contributed by atoms with Crippen molar-refractivity contribution in [1.29, 1.82) is 0 Å². The van der Waals surface area contributed by atoms with E-state index in [1.54, 1.807) is 0 Å². The Bertz CT molecular complexity index is 168. The molecule has 1 heterocycles. The summed E-state index contributed by atoms with van der Waals surface area (Å²) in [5.74, 6) is 3.60. The van der Waals surface area contributed by atoms with Crippen LogP contribution in [0.2, 0.25) is 0 Å². The molecule has 0 bridgehead atoms. The van der Waals surface area contributed by atoms with Gasteiger partial charge >= 0.3 is 0 Å². The lowest BCUT2D eigenvalue weighted by atomic mass is 9.92. The van der Waals surface area contributed by atoms with Gasteiger partial charge in [0.2, 0.25) is 0 Å². The molecule has 2 aliphatic rings. The van der Waals surface area contributed by atoms with Crippen molar-refractivity contribution in [3.63, 3.8) is 0 Å². The van der Waals surface area contributed by atoms with E-state index in [9.17, 15) is 0 Å². The summed E-state index contributed by atoms with van der Waals surface area (Å²) in [6, 6.07) is 0. The summed E-state index contributed by atoms with van der Waals surface area (Å²) in [6.45, 7) is 2.41. The van der Waals surface area contributed by atoms with Crippen molar-refractivity contribution in [2.45, 2.75) is 23.8 Å². The van der Waals surface area contributed by atoms with Crippen LogP contribution in [0, 0.1) is 5.92 Å². The smallest absolute Gasteiger partial charge is 0.0648 e. The van der Waals surface area contributed by atoms with E-state index in [-0.39, 0.29) is 0 Å². The summed E-state index contributed by atoms with van der Waals surface area (Å²) in [4.78, 5) is 0. The second-order valence-electron chi connectivity index (χ2n) is 3.34. The first-order valence-corrected chi connectivity index (χ1v) is 6.23. The van der Waals surface area contributed by atoms with Crippen molar-refractivity contribution in [3.8, 4) is 0 Å². The van der Waals surface area contributed by atoms with Gasteiger partial charge in [-0.2, -0.15) is 0 Å². The Hall–Kier alpha value is 0.440. The normalized spacial score (nSPS) is 34.8. The highest BCUT2D eigenvalue weighted by Crippen LogP contribution is 2.50. The lowest BCUT2D eigenvalue weighted by Crippen LogP contribution is -2.32. The van der Waals surface area contributed by atoms with Crippen LogP contribution < -0.4 is 0 Å². The van der Waals surface area contributed by atoms with Crippen LogP contribution in [0.15, 0.2) is 12.2 Å². The van der Waals surface area contributed by atoms with Crippen molar-refractivity contribution < 1.29 is 0 Å². The number of hydrogen-bond acceptors (Lipinski definition) is 2. The van der Waals surface area contributed by atoms with Crippen molar-refractivity contribution in [2.24, 2.45) is 5.92 Å². The SMILES string of the molecule is CC1(C2C=CC2)SCCCS1. The Kier molecular flexibility index (Phi) is 2.24. The van der Waals surface area contributed by atoms with Gasteiger partial charge in [0.1, 0.15) is 0 Å². The quantitative estimate of drug-likeness (QED) is 0.577. The Labute approximate surface area is 77.2 Å². The van der Waals surface area contributed by atoms with E-state index in [1.807, 2.05) is 0 Å². The fraction of sp³-hybridized carbons (Fsp3) is 0.778. The van der Waals surface area contributed by atoms with Crippen molar-refractivity contribution >= 4 is 23.5 Å². The lowest BCUT2D eigenvalue weighted by Gasteiger charge is -2.40. The molecular weight excluding hydrogens is 172 g/mol. The molecule has 11 heavy (non-hydrogen) atoms. The molecule has 0 spiro atoms. The molecule has 1 unspecified atom stereocenters. The molecule has 1 fully saturated rings. The van der Waals surface area contributed by atoms with Crippen molar-refractivity contribution in [3.05, 3.63) is 12.2 Å². The van der Waals surface area contributed by atoms with E-state index in [0.29, 0.717) is 4.08 Å². The Morgan fingerprint density at radius 1 is 1.36 bits per heavy atom. The van der Waals surface area contributed by atoms with Gasteiger partial charge in [0.25, 0.3) is 0 Å². The second kappa shape index (κ2) is 3.06. The van der Waals surface area contributed by atoms with Gasteiger partial charge in [-0.1, -0.05) is 12.2 Å². The first-order chi connectivity index (χ1) is 5.31. The second-order valence-corrected chi connectivity index (χ2v) is 6.69. The van der Waals surface area contributed by atoms with E-state index >= 15 is 0 Å². The molecule has 0 aromatic heterocycles. The zero-order valence-corrected chi connectivity index (χ0v) is 8.51. The van der Waals surface area contributed by atoms with Crippen LogP contribution in [0.25, 0.3) is 0 Å². The highest BCUT2D eigenvalue weighted by molar-refractivity contribution is 8.18. The van der Waals surface area contributed by atoms with E-state index in [1.165, 1.54) is 24.3 Å². The number of thioether (sulfide) groups is 2. The van der Waals surface area contributed by atoms with Gasteiger partial charge in [0.05, 0.1) is 4.08 Å². The van der Waals surface area contributed by atoms with Crippen LogP contribution in [0.3, 0.4) is 0 Å². The molecule has 0 N–H and O–H groups in total. The van der Waals surface area contributed by atoms with E-state index in [0.717, 1.165) is 5.92 Å².